The molecule has 152 valence electrons. The van der Waals surface area contributed by atoms with Gasteiger partial charge in [-0.25, -0.2) is 4.79 Å². The highest BCUT2D eigenvalue weighted by Crippen LogP contribution is 2.20. The highest BCUT2D eigenvalue weighted by Gasteiger charge is 2.14. The van der Waals surface area contributed by atoms with Gasteiger partial charge in [-0.2, -0.15) is 0 Å². The van der Waals surface area contributed by atoms with Crippen LogP contribution in [-0.4, -0.2) is 21.6 Å². The zero-order valence-electron chi connectivity index (χ0n) is 17.0. The van der Waals surface area contributed by atoms with Crippen molar-refractivity contribution >= 4 is 16.8 Å². The summed E-state index contributed by atoms with van der Waals surface area (Å²) in [7, 11) is 0. The number of aromatic nitrogens is 2. The van der Waals surface area contributed by atoms with Crippen LogP contribution in [0.1, 0.15) is 49.7 Å². The molecule has 2 aromatic carbocycles. The maximum Gasteiger partial charge on any atom is 0.328 e. The van der Waals surface area contributed by atoms with Crippen molar-refractivity contribution in [3.8, 4) is 5.75 Å². The number of H-pyrrole nitrogens is 1. The molecule has 0 saturated carbocycles. The molecule has 3 aromatic rings. The van der Waals surface area contributed by atoms with Gasteiger partial charge in [-0.05, 0) is 63.6 Å². The summed E-state index contributed by atoms with van der Waals surface area (Å²) in [6.45, 7) is 7.81. The van der Waals surface area contributed by atoms with Gasteiger partial charge in [0.05, 0.1) is 23.0 Å². The van der Waals surface area contributed by atoms with Gasteiger partial charge in [0.15, 0.2) is 0 Å². The summed E-state index contributed by atoms with van der Waals surface area (Å²) < 4.78 is 6.83. The molecule has 1 atom stereocenters. The van der Waals surface area contributed by atoms with Crippen molar-refractivity contribution in [2.45, 2.75) is 46.4 Å². The molecule has 2 N–H and O–H groups in total. The quantitative estimate of drug-likeness (QED) is 0.671. The number of carbonyl (C=O) groups excluding carboxylic acids is 1. The summed E-state index contributed by atoms with van der Waals surface area (Å²) >= 11 is 0. The summed E-state index contributed by atoms with van der Waals surface area (Å²) in [4.78, 5) is 39.8. The fourth-order valence-corrected chi connectivity index (χ4v) is 3.18. The summed E-state index contributed by atoms with van der Waals surface area (Å²) in [5.74, 6) is 0.448. The second-order valence-electron chi connectivity index (χ2n) is 7.17. The number of nitrogens with zero attached hydrogens (tertiary/aromatic N) is 1. The number of ether oxygens (including phenoxy) is 1. The van der Waals surface area contributed by atoms with E-state index in [0.29, 0.717) is 16.5 Å². The Labute approximate surface area is 168 Å². The van der Waals surface area contributed by atoms with Crippen molar-refractivity contribution in [3.63, 3.8) is 0 Å². The van der Waals surface area contributed by atoms with Gasteiger partial charge in [0.2, 0.25) is 0 Å². The van der Waals surface area contributed by atoms with Crippen LogP contribution in [0.15, 0.2) is 52.1 Å². The molecular formula is C22H25N3O4. The maximum atomic E-state index is 12.7. The first-order valence-electron chi connectivity index (χ1n) is 9.64. The van der Waals surface area contributed by atoms with Crippen LogP contribution in [-0.2, 0) is 6.54 Å². The molecular weight excluding hydrogens is 370 g/mol. The van der Waals surface area contributed by atoms with E-state index in [4.69, 9.17) is 4.74 Å². The van der Waals surface area contributed by atoms with Crippen molar-refractivity contribution < 1.29 is 9.53 Å². The highest BCUT2D eigenvalue weighted by atomic mass is 16.5. The minimum absolute atomic E-state index is 0.0622. The third-order valence-corrected chi connectivity index (χ3v) is 4.64. The Morgan fingerprint density at radius 3 is 2.59 bits per heavy atom. The second kappa shape index (κ2) is 8.34. The number of nitrogens with one attached hydrogen (secondary N) is 2. The summed E-state index contributed by atoms with van der Waals surface area (Å²) in [6.07, 6.45) is 0.0622. The van der Waals surface area contributed by atoms with Gasteiger partial charge in [0, 0.05) is 12.1 Å². The molecule has 29 heavy (non-hydrogen) atoms. The molecule has 0 aliphatic carbocycles. The Kier molecular flexibility index (Phi) is 5.87. The molecule has 7 heteroatoms. The number of fused-ring (bicyclic) bond motifs is 1. The van der Waals surface area contributed by atoms with E-state index in [-0.39, 0.29) is 30.2 Å². The molecule has 1 aromatic heterocycles. The van der Waals surface area contributed by atoms with Crippen molar-refractivity contribution in [1.29, 1.82) is 0 Å². The normalized spacial score (nSPS) is 12.2. The van der Waals surface area contributed by atoms with E-state index in [1.165, 1.54) is 6.07 Å². The van der Waals surface area contributed by atoms with Gasteiger partial charge in [-0.15, -0.1) is 0 Å². The highest BCUT2D eigenvalue weighted by molar-refractivity contribution is 5.97. The standard InChI is InChI=1S/C22H25N3O4/c1-5-25-21(27)18-10-9-16(12-19(18)24-22(25)28)20(26)23-14(4)15-7-6-8-17(11-15)29-13(2)3/h6-14H,5H2,1-4H3,(H,23,26)(H,24,28). The first-order valence-corrected chi connectivity index (χ1v) is 9.64. The van der Waals surface area contributed by atoms with Crippen LogP contribution in [0.25, 0.3) is 10.9 Å². The molecule has 0 radical (unpaired) electrons. The van der Waals surface area contributed by atoms with Gasteiger partial charge in [0.25, 0.3) is 11.5 Å². The largest absolute Gasteiger partial charge is 0.491 e. The minimum atomic E-state index is -0.488. The summed E-state index contributed by atoms with van der Waals surface area (Å²) in [6, 6.07) is 12.0. The first kappa shape index (κ1) is 20.4. The van der Waals surface area contributed by atoms with Crippen LogP contribution in [0.5, 0.6) is 5.75 Å². The smallest absolute Gasteiger partial charge is 0.328 e. The fraction of sp³-hybridized carbons (Fsp3) is 0.318. The van der Waals surface area contributed by atoms with Gasteiger partial charge in [-0.3, -0.25) is 14.2 Å². The molecule has 1 heterocycles. The van der Waals surface area contributed by atoms with Gasteiger partial charge in [-0.1, -0.05) is 12.1 Å². The topological polar surface area (TPSA) is 93.2 Å². The second-order valence-corrected chi connectivity index (χ2v) is 7.17. The Morgan fingerprint density at radius 2 is 1.90 bits per heavy atom. The van der Waals surface area contributed by atoms with E-state index < -0.39 is 5.69 Å². The molecule has 7 nitrogen and oxygen atoms in total. The van der Waals surface area contributed by atoms with E-state index in [1.54, 1.807) is 19.1 Å². The van der Waals surface area contributed by atoms with E-state index in [1.807, 2.05) is 45.0 Å². The monoisotopic (exact) mass is 395 g/mol. The van der Waals surface area contributed by atoms with E-state index >= 15 is 0 Å². The molecule has 1 amide bonds. The Balaban J connectivity index is 1.84. The number of hydrogen-bond acceptors (Lipinski definition) is 4. The zero-order valence-corrected chi connectivity index (χ0v) is 17.0. The van der Waals surface area contributed by atoms with E-state index in [2.05, 4.69) is 10.3 Å². The molecule has 0 aliphatic heterocycles. The minimum Gasteiger partial charge on any atom is -0.491 e. The summed E-state index contributed by atoms with van der Waals surface area (Å²) in [5.41, 5.74) is 0.767. The summed E-state index contributed by atoms with van der Waals surface area (Å²) in [5, 5.41) is 3.31. The lowest BCUT2D eigenvalue weighted by Crippen LogP contribution is -2.34. The molecule has 0 saturated heterocycles. The average molecular weight is 395 g/mol. The number of aromatic amines is 1. The predicted molar refractivity (Wildman–Crippen MR) is 113 cm³/mol. The molecule has 1 unspecified atom stereocenters. The van der Waals surface area contributed by atoms with Crippen LogP contribution >= 0.6 is 0 Å². The van der Waals surface area contributed by atoms with E-state index in [9.17, 15) is 14.4 Å². The van der Waals surface area contributed by atoms with Crippen LogP contribution in [0.2, 0.25) is 0 Å². The lowest BCUT2D eigenvalue weighted by atomic mass is 10.1. The first-order chi connectivity index (χ1) is 13.8. The lowest BCUT2D eigenvalue weighted by molar-refractivity contribution is 0.0940. The van der Waals surface area contributed by atoms with Crippen molar-refractivity contribution in [1.82, 2.24) is 14.9 Å². The molecule has 0 aliphatic rings. The van der Waals surface area contributed by atoms with Gasteiger partial charge >= 0.3 is 5.69 Å². The van der Waals surface area contributed by atoms with Crippen LogP contribution in [0.3, 0.4) is 0 Å². The van der Waals surface area contributed by atoms with Crippen LogP contribution < -0.4 is 21.3 Å². The Bertz CT molecular complexity index is 1160. The fourth-order valence-electron chi connectivity index (χ4n) is 3.18. The molecule has 3 rings (SSSR count). The third-order valence-electron chi connectivity index (χ3n) is 4.64. The van der Waals surface area contributed by atoms with E-state index in [0.717, 1.165) is 15.9 Å². The Morgan fingerprint density at radius 1 is 1.14 bits per heavy atom. The third kappa shape index (κ3) is 4.39. The molecule has 0 bridgehead atoms. The van der Waals surface area contributed by atoms with Gasteiger partial charge < -0.3 is 15.0 Å². The molecule has 0 fully saturated rings. The van der Waals surface area contributed by atoms with Crippen LogP contribution in [0.4, 0.5) is 0 Å². The maximum absolute atomic E-state index is 12.7. The van der Waals surface area contributed by atoms with Crippen LogP contribution in [0, 0.1) is 0 Å². The number of carbonyl (C=O) groups is 1. The molecule has 0 spiro atoms. The zero-order chi connectivity index (χ0) is 21.1. The van der Waals surface area contributed by atoms with Crippen molar-refractivity contribution in [3.05, 3.63) is 74.4 Å². The number of hydrogen-bond donors (Lipinski definition) is 2. The number of amides is 1. The predicted octanol–water partition coefficient (Wildman–Crippen LogP) is 2.99. The SMILES string of the molecule is CCn1c(=O)[nH]c2cc(C(=O)NC(C)c3cccc(OC(C)C)c3)ccc2c1=O. The van der Waals surface area contributed by atoms with Crippen molar-refractivity contribution in [2.24, 2.45) is 0 Å². The number of rotatable bonds is 6. The lowest BCUT2D eigenvalue weighted by Gasteiger charge is -2.17. The number of benzene rings is 2. The Hall–Kier alpha value is -3.35. The van der Waals surface area contributed by atoms with Gasteiger partial charge in [0.1, 0.15) is 5.75 Å². The average Bonchev–Trinajstić information content (AvgIpc) is 2.67. The van der Waals surface area contributed by atoms with Crippen molar-refractivity contribution in [2.75, 3.05) is 0 Å².